The lowest BCUT2D eigenvalue weighted by molar-refractivity contribution is 0.414. The Labute approximate surface area is 202 Å². The topological polar surface area (TPSA) is 68.6 Å². The Bertz CT molecular complexity index is 1400. The maximum atomic E-state index is 15.1. The zero-order valence-electron chi connectivity index (χ0n) is 19.8. The molecule has 5 rings (SSSR count). The number of nitrogens with one attached hydrogen (secondary N) is 1. The highest BCUT2D eigenvalue weighted by atomic mass is 19.1. The fourth-order valence-electron chi connectivity index (χ4n) is 4.44. The van der Waals surface area contributed by atoms with Crippen LogP contribution in [0, 0.1) is 5.82 Å². The van der Waals surface area contributed by atoms with E-state index in [0.29, 0.717) is 17.2 Å². The summed E-state index contributed by atoms with van der Waals surface area (Å²) in [6, 6.07) is 17.6. The average molecular weight is 475 g/mol. The summed E-state index contributed by atoms with van der Waals surface area (Å²) >= 11 is 0. The summed E-state index contributed by atoms with van der Waals surface area (Å²) < 4.78 is 27.5. The number of rotatable bonds is 6. The third-order valence-corrected chi connectivity index (χ3v) is 6.27. The Kier molecular flexibility index (Phi) is 6.27. The molecule has 180 valence electrons. The van der Waals surface area contributed by atoms with Gasteiger partial charge in [-0.25, -0.2) is 9.37 Å². The minimum atomic E-state index is -0.478. The maximum Gasteiger partial charge on any atom is 0.193 e. The molecule has 1 saturated heterocycles. The predicted molar refractivity (Wildman–Crippen MR) is 136 cm³/mol. The van der Waals surface area contributed by atoms with Gasteiger partial charge in [-0.2, -0.15) is 0 Å². The monoisotopic (exact) mass is 474 g/mol. The van der Waals surface area contributed by atoms with Crippen molar-refractivity contribution in [3.63, 3.8) is 0 Å². The molecule has 0 aliphatic carbocycles. The minimum Gasteiger partial charge on any atom is -0.497 e. The highest BCUT2D eigenvalue weighted by molar-refractivity contribution is 5.82. The number of anilines is 3. The Balaban J connectivity index is 1.71. The molecule has 2 aromatic heterocycles. The van der Waals surface area contributed by atoms with E-state index in [9.17, 15) is 4.79 Å². The number of hydrogen-bond donors (Lipinski definition) is 1. The Morgan fingerprint density at radius 2 is 1.51 bits per heavy atom. The van der Waals surface area contributed by atoms with Gasteiger partial charge in [0.2, 0.25) is 0 Å². The smallest absolute Gasteiger partial charge is 0.193 e. The van der Waals surface area contributed by atoms with Crippen molar-refractivity contribution in [3.8, 4) is 17.2 Å². The molecule has 7 nitrogen and oxygen atoms in total. The largest absolute Gasteiger partial charge is 0.497 e. The summed E-state index contributed by atoms with van der Waals surface area (Å²) in [5, 5.41) is 3.55. The van der Waals surface area contributed by atoms with Crippen LogP contribution in [0.15, 0.2) is 65.5 Å². The van der Waals surface area contributed by atoms with Crippen molar-refractivity contribution in [3.05, 3.63) is 76.7 Å². The third kappa shape index (κ3) is 4.51. The van der Waals surface area contributed by atoms with E-state index in [1.165, 1.54) is 12.1 Å². The molecule has 3 heterocycles. The van der Waals surface area contributed by atoms with Crippen LogP contribution in [0.2, 0.25) is 0 Å². The van der Waals surface area contributed by atoms with Crippen molar-refractivity contribution >= 4 is 28.4 Å². The molecule has 1 aliphatic heterocycles. The van der Waals surface area contributed by atoms with Gasteiger partial charge in [0, 0.05) is 30.5 Å². The number of hydrogen-bond acceptors (Lipinski definition) is 6. The molecule has 0 amide bonds. The van der Waals surface area contributed by atoms with Crippen molar-refractivity contribution < 1.29 is 13.9 Å². The molecular formula is C27H27FN4O3. The third-order valence-electron chi connectivity index (χ3n) is 6.27. The van der Waals surface area contributed by atoms with Crippen LogP contribution in [0.4, 0.5) is 21.7 Å². The maximum absolute atomic E-state index is 15.1. The van der Waals surface area contributed by atoms with Gasteiger partial charge < -0.3 is 19.7 Å². The van der Waals surface area contributed by atoms with E-state index < -0.39 is 5.82 Å². The van der Waals surface area contributed by atoms with E-state index in [2.05, 4.69) is 5.32 Å². The molecule has 0 spiro atoms. The van der Waals surface area contributed by atoms with E-state index in [1.807, 2.05) is 58.0 Å². The van der Waals surface area contributed by atoms with Gasteiger partial charge in [0.1, 0.15) is 17.3 Å². The van der Waals surface area contributed by atoms with Crippen molar-refractivity contribution in [2.75, 3.05) is 37.5 Å². The lowest BCUT2D eigenvalue weighted by atomic mass is 10.1. The molecule has 0 atom stereocenters. The SMILES string of the molecule is COc1ccc(Nc2cc(=O)c3cc(F)c(N4CCCCC4)nc3n2-c2ccc(OC)cc2)cc1. The zero-order valence-corrected chi connectivity index (χ0v) is 19.8. The highest BCUT2D eigenvalue weighted by Gasteiger charge is 2.21. The molecule has 4 aromatic rings. The van der Waals surface area contributed by atoms with Gasteiger partial charge in [-0.1, -0.05) is 0 Å². The number of fused-ring (bicyclic) bond motifs is 1. The van der Waals surface area contributed by atoms with Gasteiger partial charge in [-0.15, -0.1) is 0 Å². The molecule has 1 aliphatic rings. The van der Waals surface area contributed by atoms with Crippen LogP contribution < -0.4 is 25.1 Å². The Morgan fingerprint density at radius 3 is 2.14 bits per heavy atom. The van der Waals surface area contributed by atoms with Crippen LogP contribution >= 0.6 is 0 Å². The standard InChI is InChI=1S/C27H27FN4O3/c1-34-20-10-6-18(7-11-20)29-25-17-24(33)22-16-23(28)27(31-14-4-3-5-15-31)30-26(22)32(25)19-8-12-21(35-2)13-9-19/h6-13,16-17,29H,3-5,14-15H2,1-2H3. The molecule has 1 N–H and O–H groups in total. The molecule has 0 saturated carbocycles. The van der Waals surface area contributed by atoms with Crippen LogP contribution in [-0.4, -0.2) is 36.9 Å². The number of benzene rings is 2. The van der Waals surface area contributed by atoms with E-state index in [1.54, 1.807) is 14.2 Å². The van der Waals surface area contributed by atoms with Gasteiger partial charge in [0.25, 0.3) is 0 Å². The zero-order chi connectivity index (χ0) is 24.4. The summed E-state index contributed by atoms with van der Waals surface area (Å²) in [6.07, 6.45) is 3.10. The average Bonchev–Trinajstić information content (AvgIpc) is 2.90. The second kappa shape index (κ2) is 9.66. The molecule has 2 aromatic carbocycles. The molecule has 0 unspecified atom stereocenters. The van der Waals surface area contributed by atoms with Crippen LogP contribution in [-0.2, 0) is 0 Å². The number of aromatic nitrogens is 2. The minimum absolute atomic E-state index is 0.222. The first-order chi connectivity index (χ1) is 17.1. The van der Waals surface area contributed by atoms with E-state index in [0.717, 1.165) is 49.5 Å². The Morgan fingerprint density at radius 1 is 0.886 bits per heavy atom. The second-order valence-electron chi connectivity index (χ2n) is 8.49. The van der Waals surface area contributed by atoms with Crippen LogP contribution in [0.3, 0.4) is 0 Å². The predicted octanol–water partition coefficient (Wildman–Crippen LogP) is 5.28. The van der Waals surface area contributed by atoms with Crippen LogP contribution in [0.1, 0.15) is 19.3 Å². The van der Waals surface area contributed by atoms with E-state index in [4.69, 9.17) is 14.5 Å². The van der Waals surface area contributed by atoms with Crippen molar-refractivity contribution in [1.29, 1.82) is 0 Å². The van der Waals surface area contributed by atoms with Gasteiger partial charge in [-0.3, -0.25) is 9.36 Å². The van der Waals surface area contributed by atoms with Gasteiger partial charge in [-0.05, 0) is 73.9 Å². The van der Waals surface area contributed by atoms with Crippen LogP contribution in [0.5, 0.6) is 11.5 Å². The quantitative estimate of drug-likeness (QED) is 0.410. The van der Waals surface area contributed by atoms with Gasteiger partial charge in [0.15, 0.2) is 22.7 Å². The number of nitrogens with zero attached hydrogens (tertiary/aromatic N) is 3. The molecule has 0 bridgehead atoms. The first-order valence-electron chi connectivity index (χ1n) is 11.6. The first kappa shape index (κ1) is 22.7. The number of pyridine rings is 2. The molecule has 8 heteroatoms. The summed E-state index contributed by atoms with van der Waals surface area (Å²) in [4.78, 5) is 19.8. The summed E-state index contributed by atoms with van der Waals surface area (Å²) in [5.74, 6) is 1.75. The molecular weight excluding hydrogens is 447 g/mol. The number of piperidine rings is 1. The summed E-state index contributed by atoms with van der Waals surface area (Å²) in [7, 11) is 3.22. The van der Waals surface area contributed by atoms with Crippen molar-refractivity contribution in [2.24, 2.45) is 0 Å². The Hall–Kier alpha value is -4.07. The summed E-state index contributed by atoms with van der Waals surface area (Å²) in [6.45, 7) is 1.48. The lowest BCUT2D eigenvalue weighted by Gasteiger charge is -2.28. The molecule has 1 fully saturated rings. The van der Waals surface area contributed by atoms with Crippen molar-refractivity contribution in [1.82, 2.24) is 9.55 Å². The normalized spacial score (nSPS) is 13.6. The molecule has 35 heavy (non-hydrogen) atoms. The highest BCUT2D eigenvalue weighted by Crippen LogP contribution is 2.30. The number of halogens is 1. The number of ether oxygens (including phenoxy) is 2. The lowest BCUT2D eigenvalue weighted by Crippen LogP contribution is -2.31. The van der Waals surface area contributed by atoms with Gasteiger partial charge >= 0.3 is 0 Å². The van der Waals surface area contributed by atoms with E-state index >= 15 is 4.39 Å². The van der Waals surface area contributed by atoms with Gasteiger partial charge in [0.05, 0.1) is 19.6 Å². The second-order valence-corrected chi connectivity index (χ2v) is 8.49. The fourth-order valence-corrected chi connectivity index (χ4v) is 4.44. The van der Waals surface area contributed by atoms with Crippen LogP contribution in [0.25, 0.3) is 16.7 Å². The van der Waals surface area contributed by atoms with E-state index in [-0.39, 0.29) is 16.6 Å². The summed E-state index contributed by atoms with van der Waals surface area (Å²) in [5.41, 5.74) is 1.61. The fraction of sp³-hybridized carbons (Fsp3) is 0.259. The van der Waals surface area contributed by atoms with Crippen molar-refractivity contribution in [2.45, 2.75) is 19.3 Å². The molecule has 0 radical (unpaired) electrons. The number of methoxy groups -OCH3 is 2. The first-order valence-corrected chi connectivity index (χ1v) is 11.6.